The quantitative estimate of drug-likeness (QED) is 0.871. The Morgan fingerprint density at radius 1 is 1.09 bits per heavy atom. The Morgan fingerprint density at radius 3 is 2.52 bits per heavy atom. The molecule has 2 aromatic rings. The maximum Gasteiger partial charge on any atom is 0.254 e. The minimum Gasteiger partial charge on any atom is -0.377 e. The molecule has 1 aliphatic heterocycles. The van der Waals surface area contributed by atoms with Crippen LogP contribution >= 0.6 is 0 Å². The van der Waals surface area contributed by atoms with Crippen LogP contribution in [0.15, 0.2) is 60.7 Å². The maximum atomic E-state index is 12.6. The normalized spacial score (nSPS) is 18.4. The van der Waals surface area contributed by atoms with Crippen molar-refractivity contribution in [1.29, 1.82) is 0 Å². The molecule has 1 amide bonds. The van der Waals surface area contributed by atoms with E-state index in [-0.39, 0.29) is 12.0 Å². The number of ether oxygens (including phenoxy) is 2. The Kier molecular flexibility index (Phi) is 5.40. The van der Waals surface area contributed by atoms with Gasteiger partial charge in [-0.25, -0.2) is 0 Å². The maximum absolute atomic E-state index is 12.6. The number of rotatable bonds is 4. The molecule has 1 unspecified atom stereocenters. The van der Waals surface area contributed by atoms with Crippen LogP contribution in [0.3, 0.4) is 0 Å². The lowest BCUT2D eigenvalue weighted by Crippen LogP contribution is -2.38. The summed E-state index contributed by atoms with van der Waals surface area (Å²) in [5.74, 6) is 0.0319. The minimum atomic E-state index is -0.106. The second kappa shape index (κ2) is 7.90. The van der Waals surface area contributed by atoms with Gasteiger partial charge in [-0.2, -0.15) is 0 Å². The molecule has 1 atom stereocenters. The van der Waals surface area contributed by atoms with E-state index in [0.717, 1.165) is 5.56 Å². The second-order valence-corrected chi connectivity index (χ2v) is 5.61. The Bertz CT molecular complexity index is 615. The lowest BCUT2D eigenvalue weighted by Gasteiger charge is -2.24. The summed E-state index contributed by atoms with van der Waals surface area (Å²) >= 11 is 0. The van der Waals surface area contributed by atoms with E-state index < -0.39 is 0 Å². The SMILES string of the molecule is O=C(c1ccccc1)N1CCOCC(OCc2ccccc2)C1. The third-order valence-corrected chi connectivity index (χ3v) is 3.87. The summed E-state index contributed by atoms with van der Waals surface area (Å²) in [5, 5.41) is 0. The largest absolute Gasteiger partial charge is 0.377 e. The van der Waals surface area contributed by atoms with E-state index >= 15 is 0 Å². The number of nitrogens with zero attached hydrogens (tertiary/aromatic N) is 1. The molecule has 0 N–H and O–H groups in total. The fourth-order valence-corrected chi connectivity index (χ4v) is 2.62. The van der Waals surface area contributed by atoms with Crippen molar-refractivity contribution >= 4 is 5.91 Å². The molecule has 4 heteroatoms. The molecule has 2 aromatic carbocycles. The summed E-state index contributed by atoms with van der Waals surface area (Å²) in [6, 6.07) is 19.4. The summed E-state index contributed by atoms with van der Waals surface area (Å²) in [6.07, 6.45) is -0.106. The topological polar surface area (TPSA) is 38.8 Å². The van der Waals surface area contributed by atoms with Crippen LogP contribution in [0.4, 0.5) is 0 Å². The lowest BCUT2D eigenvalue weighted by molar-refractivity contribution is -0.0142. The fraction of sp³-hybridized carbons (Fsp3) is 0.316. The van der Waals surface area contributed by atoms with Gasteiger partial charge >= 0.3 is 0 Å². The van der Waals surface area contributed by atoms with Gasteiger partial charge in [0.1, 0.15) is 0 Å². The first-order valence-corrected chi connectivity index (χ1v) is 7.90. The second-order valence-electron chi connectivity index (χ2n) is 5.61. The van der Waals surface area contributed by atoms with E-state index in [1.807, 2.05) is 65.6 Å². The van der Waals surface area contributed by atoms with Crippen LogP contribution in [0.1, 0.15) is 15.9 Å². The van der Waals surface area contributed by atoms with Crippen LogP contribution in [0.2, 0.25) is 0 Å². The smallest absolute Gasteiger partial charge is 0.254 e. The van der Waals surface area contributed by atoms with Gasteiger partial charge in [-0.15, -0.1) is 0 Å². The van der Waals surface area contributed by atoms with Crippen molar-refractivity contribution in [3.05, 3.63) is 71.8 Å². The molecule has 0 bridgehead atoms. The average Bonchev–Trinajstić information content (AvgIpc) is 2.87. The molecule has 1 saturated heterocycles. The van der Waals surface area contributed by atoms with Gasteiger partial charge in [0.2, 0.25) is 0 Å². The Balaban J connectivity index is 1.61. The van der Waals surface area contributed by atoms with E-state index in [9.17, 15) is 4.79 Å². The standard InChI is InChI=1S/C19H21NO3/c21-19(17-9-5-2-6-10-17)20-11-12-22-15-18(13-20)23-14-16-7-3-1-4-8-16/h1-10,18H,11-15H2. The van der Waals surface area contributed by atoms with Crippen molar-refractivity contribution in [3.8, 4) is 0 Å². The van der Waals surface area contributed by atoms with Crippen LogP contribution < -0.4 is 0 Å². The van der Waals surface area contributed by atoms with E-state index in [1.54, 1.807) is 0 Å². The molecule has 1 fully saturated rings. The minimum absolute atomic E-state index is 0.0319. The summed E-state index contributed by atoms with van der Waals surface area (Å²) < 4.78 is 11.5. The van der Waals surface area contributed by atoms with E-state index in [2.05, 4.69) is 0 Å². The van der Waals surface area contributed by atoms with Crippen LogP contribution in [-0.4, -0.2) is 43.2 Å². The van der Waals surface area contributed by atoms with Gasteiger partial charge in [-0.3, -0.25) is 4.79 Å². The van der Waals surface area contributed by atoms with Gasteiger partial charge < -0.3 is 14.4 Å². The van der Waals surface area contributed by atoms with Crippen molar-refractivity contribution < 1.29 is 14.3 Å². The van der Waals surface area contributed by atoms with Gasteiger partial charge in [0.25, 0.3) is 5.91 Å². The van der Waals surface area contributed by atoms with Crippen LogP contribution in [-0.2, 0) is 16.1 Å². The Hall–Kier alpha value is -2.17. The third kappa shape index (κ3) is 4.41. The molecule has 0 aliphatic carbocycles. The molecule has 0 saturated carbocycles. The van der Waals surface area contributed by atoms with Crippen molar-refractivity contribution in [2.45, 2.75) is 12.7 Å². The number of hydrogen-bond acceptors (Lipinski definition) is 3. The zero-order valence-electron chi connectivity index (χ0n) is 13.1. The average molecular weight is 311 g/mol. The van der Waals surface area contributed by atoms with Crippen molar-refractivity contribution in [3.63, 3.8) is 0 Å². The number of carbonyl (C=O) groups is 1. The Morgan fingerprint density at radius 2 is 1.78 bits per heavy atom. The van der Waals surface area contributed by atoms with E-state index in [1.165, 1.54) is 0 Å². The molecule has 4 nitrogen and oxygen atoms in total. The van der Waals surface area contributed by atoms with Gasteiger partial charge in [0.05, 0.1) is 25.9 Å². The molecular formula is C19H21NO3. The number of benzene rings is 2. The summed E-state index contributed by atoms with van der Waals surface area (Å²) in [6.45, 7) is 2.75. The molecule has 0 aromatic heterocycles. The summed E-state index contributed by atoms with van der Waals surface area (Å²) in [4.78, 5) is 14.4. The molecule has 0 spiro atoms. The van der Waals surface area contributed by atoms with Gasteiger partial charge in [0.15, 0.2) is 0 Å². The molecule has 1 heterocycles. The lowest BCUT2D eigenvalue weighted by atomic mass is 10.2. The van der Waals surface area contributed by atoms with Gasteiger partial charge in [-0.1, -0.05) is 48.5 Å². The van der Waals surface area contributed by atoms with Crippen LogP contribution in [0.25, 0.3) is 0 Å². The van der Waals surface area contributed by atoms with Crippen molar-refractivity contribution in [1.82, 2.24) is 4.90 Å². The zero-order chi connectivity index (χ0) is 15.9. The first-order chi connectivity index (χ1) is 11.3. The van der Waals surface area contributed by atoms with E-state index in [0.29, 0.717) is 38.5 Å². The van der Waals surface area contributed by atoms with Gasteiger partial charge in [-0.05, 0) is 17.7 Å². The van der Waals surface area contributed by atoms with Crippen molar-refractivity contribution in [2.24, 2.45) is 0 Å². The zero-order valence-corrected chi connectivity index (χ0v) is 13.1. The highest BCUT2D eigenvalue weighted by atomic mass is 16.5. The third-order valence-electron chi connectivity index (χ3n) is 3.87. The molecule has 0 radical (unpaired) electrons. The van der Waals surface area contributed by atoms with Gasteiger partial charge in [0, 0.05) is 18.7 Å². The van der Waals surface area contributed by atoms with Crippen LogP contribution in [0.5, 0.6) is 0 Å². The first kappa shape index (κ1) is 15.7. The first-order valence-electron chi connectivity index (χ1n) is 7.90. The molecule has 3 rings (SSSR count). The fourth-order valence-electron chi connectivity index (χ4n) is 2.62. The summed E-state index contributed by atoms with van der Waals surface area (Å²) in [7, 11) is 0. The highest BCUT2D eigenvalue weighted by molar-refractivity contribution is 5.94. The number of amides is 1. The number of carbonyl (C=O) groups excluding carboxylic acids is 1. The number of hydrogen-bond donors (Lipinski definition) is 0. The Labute approximate surface area is 136 Å². The highest BCUT2D eigenvalue weighted by Crippen LogP contribution is 2.11. The molecule has 120 valence electrons. The van der Waals surface area contributed by atoms with Crippen molar-refractivity contribution in [2.75, 3.05) is 26.3 Å². The predicted octanol–water partition coefficient (Wildman–Crippen LogP) is 2.74. The molecule has 1 aliphatic rings. The molecular weight excluding hydrogens is 290 g/mol. The monoisotopic (exact) mass is 311 g/mol. The highest BCUT2D eigenvalue weighted by Gasteiger charge is 2.23. The van der Waals surface area contributed by atoms with Crippen LogP contribution in [0, 0.1) is 0 Å². The summed E-state index contributed by atoms with van der Waals surface area (Å²) in [5.41, 5.74) is 1.83. The predicted molar refractivity (Wildman–Crippen MR) is 88.2 cm³/mol. The van der Waals surface area contributed by atoms with E-state index in [4.69, 9.17) is 9.47 Å². The molecule has 23 heavy (non-hydrogen) atoms.